The van der Waals surface area contributed by atoms with Crippen molar-refractivity contribution in [3.05, 3.63) is 62.6 Å². The van der Waals surface area contributed by atoms with E-state index in [4.69, 9.17) is 27.9 Å². The summed E-state index contributed by atoms with van der Waals surface area (Å²) in [7, 11) is 0. The second-order valence-electron chi connectivity index (χ2n) is 5.43. The van der Waals surface area contributed by atoms with Gasteiger partial charge in [-0.15, -0.1) is 11.3 Å². The molecule has 0 saturated carbocycles. The van der Waals surface area contributed by atoms with E-state index < -0.39 is 5.97 Å². The van der Waals surface area contributed by atoms with Gasteiger partial charge in [0, 0.05) is 34.7 Å². The van der Waals surface area contributed by atoms with Gasteiger partial charge in [-0.25, -0.2) is 14.8 Å². The average molecular weight is 410 g/mol. The van der Waals surface area contributed by atoms with E-state index in [1.54, 1.807) is 12.3 Å². The number of pyridine rings is 1. The Morgan fingerprint density at radius 3 is 2.65 bits per heavy atom. The van der Waals surface area contributed by atoms with Crippen LogP contribution in [-0.4, -0.2) is 32.9 Å². The summed E-state index contributed by atoms with van der Waals surface area (Å²) in [6.07, 6.45) is 2.95. The zero-order chi connectivity index (χ0) is 18.8. The summed E-state index contributed by atoms with van der Waals surface area (Å²) < 4.78 is 6.97. The standard InChI is InChI=1S/C17H13Cl2N3O3S/c1-9-5-12(10(2)22(9)17-20-3-4-26-17)14(23)8-25-16(24)11-6-13(18)15(19)21-7-11/h3-7H,8H2,1-2H3. The Kier molecular flexibility index (Phi) is 5.41. The second-order valence-corrected chi connectivity index (χ2v) is 7.07. The monoisotopic (exact) mass is 409 g/mol. The second kappa shape index (κ2) is 7.57. The molecule has 0 bridgehead atoms. The van der Waals surface area contributed by atoms with E-state index >= 15 is 0 Å². The van der Waals surface area contributed by atoms with Crippen molar-refractivity contribution in [2.24, 2.45) is 0 Å². The zero-order valence-electron chi connectivity index (χ0n) is 13.8. The molecule has 3 aromatic heterocycles. The number of carbonyl (C=O) groups excluding carboxylic acids is 2. The molecule has 6 nitrogen and oxygen atoms in total. The van der Waals surface area contributed by atoms with Crippen LogP contribution in [-0.2, 0) is 4.74 Å². The summed E-state index contributed by atoms with van der Waals surface area (Å²) in [6, 6.07) is 3.10. The third kappa shape index (κ3) is 3.65. The number of nitrogens with zero attached hydrogens (tertiary/aromatic N) is 3. The van der Waals surface area contributed by atoms with E-state index in [2.05, 4.69) is 9.97 Å². The maximum Gasteiger partial charge on any atom is 0.340 e. The maximum atomic E-state index is 12.5. The van der Waals surface area contributed by atoms with E-state index in [1.807, 2.05) is 23.8 Å². The number of esters is 1. The Balaban J connectivity index is 1.73. The van der Waals surface area contributed by atoms with Crippen molar-refractivity contribution < 1.29 is 14.3 Å². The minimum absolute atomic E-state index is 0.0916. The van der Waals surface area contributed by atoms with Crippen molar-refractivity contribution in [2.75, 3.05) is 6.61 Å². The topological polar surface area (TPSA) is 74.1 Å². The van der Waals surface area contributed by atoms with Gasteiger partial charge in [-0.3, -0.25) is 9.36 Å². The molecule has 0 saturated heterocycles. The van der Waals surface area contributed by atoms with Crippen LogP contribution in [0.5, 0.6) is 0 Å². The molecule has 3 heterocycles. The van der Waals surface area contributed by atoms with Gasteiger partial charge in [0.2, 0.25) is 5.78 Å². The number of hydrogen-bond donors (Lipinski definition) is 0. The van der Waals surface area contributed by atoms with E-state index in [1.165, 1.54) is 23.6 Å². The number of hydrogen-bond acceptors (Lipinski definition) is 6. The number of aryl methyl sites for hydroxylation is 1. The first-order valence-corrected chi connectivity index (χ1v) is 9.12. The van der Waals surface area contributed by atoms with Crippen LogP contribution in [0, 0.1) is 13.8 Å². The Morgan fingerprint density at radius 1 is 1.23 bits per heavy atom. The lowest BCUT2D eigenvalue weighted by Crippen LogP contribution is -2.15. The first-order chi connectivity index (χ1) is 12.4. The third-order valence-corrected chi connectivity index (χ3v) is 5.15. The fourth-order valence-corrected chi connectivity index (χ4v) is 3.51. The largest absolute Gasteiger partial charge is 0.454 e. The molecule has 0 N–H and O–H groups in total. The van der Waals surface area contributed by atoms with Crippen LogP contribution < -0.4 is 0 Å². The zero-order valence-corrected chi connectivity index (χ0v) is 16.2. The first kappa shape index (κ1) is 18.6. The quantitative estimate of drug-likeness (QED) is 0.356. The van der Waals surface area contributed by atoms with Gasteiger partial charge in [-0.1, -0.05) is 23.2 Å². The molecule has 0 aliphatic carbocycles. The number of Topliss-reactive ketones (excluding diaryl/α,β-unsaturated/α-hetero) is 1. The van der Waals surface area contributed by atoms with Crippen LogP contribution in [0.15, 0.2) is 29.9 Å². The maximum absolute atomic E-state index is 12.5. The molecule has 0 aliphatic heterocycles. The third-order valence-electron chi connectivity index (χ3n) is 3.71. The van der Waals surface area contributed by atoms with Crippen molar-refractivity contribution in [3.63, 3.8) is 0 Å². The lowest BCUT2D eigenvalue weighted by Gasteiger charge is -2.06. The van der Waals surface area contributed by atoms with Gasteiger partial charge >= 0.3 is 5.97 Å². The van der Waals surface area contributed by atoms with E-state index in [-0.39, 0.29) is 28.1 Å². The molecule has 3 rings (SSSR count). The van der Waals surface area contributed by atoms with Crippen molar-refractivity contribution in [1.29, 1.82) is 0 Å². The fourth-order valence-electron chi connectivity index (χ4n) is 2.49. The van der Waals surface area contributed by atoms with Gasteiger partial charge in [-0.2, -0.15) is 0 Å². The first-order valence-electron chi connectivity index (χ1n) is 7.48. The van der Waals surface area contributed by atoms with E-state index in [0.29, 0.717) is 5.56 Å². The molecule has 0 aromatic carbocycles. The number of thiazole rings is 1. The minimum Gasteiger partial charge on any atom is -0.454 e. The van der Waals surface area contributed by atoms with Crippen molar-refractivity contribution >= 4 is 46.3 Å². The van der Waals surface area contributed by atoms with Gasteiger partial charge in [0.05, 0.1) is 10.6 Å². The molecule has 0 amide bonds. The minimum atomic E-state index is -0.696. The van der Waals surface area contributed by atoms with Crippen LogP contribution in [0.4, 0.5) is 0 Å². The summed E-state index contributed by atoms with van der Waals surface area (Å²) >= 11 is 13.0. The highest BCUT2D eigenvalue weighted by molar-refractivity contribution is 7.12. The number of ether oxygens (including phenoxy) is 1. The predicted molar refractivity (Wildman–Crippen MR) is 99.8 cm³/mol. The summed E-state index contributed by atoms with van der Waals surface area (Å²) in [5, 5.41) is 2.87. The molecule has 0 atom stereocenters. The summed E-state index contributed by atoms with van der Waals surface area (Å²) in [5.74, 6) is -1.000. The molecular weight excluding hydrogens is 397 g/mol. The van der Waals surface area contributed by atoms with E-state index in [9.17, 15) is 9.59 Å². The smallest absolute Gasteiger partial charge is 0.340 e. The van der Waals surface area contributed by atoms with Crippen LogP contribution >= 0.6 is 34.5 Å². The summed E-state index contributed by atoms with van der Waals surface area (Å²) in [5.41, 5.74) is 2.23. The van der Waals surface area contributed by atoms with Gasteiger partial charge in [-0.05, 0) is 26.0 Å². The molecule has 26 heavy (non-hydrogen) atoms. The summed E-state index contributed by atoms with van der Waals surface area (Å²) in [4.78, 5) is 32.6. The van der Waals surface area contributed by atoms with Crippen molar-refractivity contribution in [2.45, 2.75) is 13.8 Å². The number of carbonyl (C=O) groups is 2. The Bertz CT molecular complexity index is 984. The number of halogens is 2. The lowest BCUT2D eigenvalue weighted by molar-refractivity contribution is 0.0474. The predicted octanol–water partition coefficient (Wildman–Crippen LogP) is 4.29. The summed E-state index contributed by atoms with van der Waals surface area (Å²) in [6.45, 7) is 3.33. The Labute approximate surface area is 163 Å². The fraction of sp³-hybridized carbons (Fsp3) is 0.176. The molecule has 134 valence electrons. The number of aromatic nitrogens is 3. The average Bonchev–Trinajstić information content (AvgIpc) is 3.22. The Morgan fingerprint density at radius 2 is 2.00 bits per heavy atom. The van der Waals surface area contributed by atoms with Gasteiger partial charge in [0.15, 0.2) is 11.7 Å². The molecule has 0 unspecified atom stereocenters. The van der Waals surface area contributed by atoms with Gasteiger partial charge < -0.3 is 4.74 Å². The normalized spacial score (nSPS) is 10.8. The Hall–Kier alpha value is -2.22. The van der Waals surface area contributed by atoms with E-state index in [0.717, 1.165) is 16.5 Å². The highest BCUT2D eigenvalue weighted by Gasteiger charge is 2.19. The lowest BCUT2D eigenvalue weighted by atomic mass is 10.1. The number of rotatable bonds is 5. The molecule has 0 aliphatic rings. The van der Waals surface area contributed by atoms with Crippen molar-refractivity contribution in [3.8, 4) is 5.13 Å². The van der Waals surface area contributed by atoms with Gasteiger partial charge in [0.1, 0.15) is 5.15 Å². The number of ketones is 1. The molecule has 3 aromatic rings. The van der Waals surface area contributed by atoms with Crippen molar-refractivity contribution in [1.82, 2.24) is 14.5 Å². The highest BCUT2D eigenvalue weighted by Crippen LogP contribution is 2.23. The van der Waals surface area contributed by atoms with Gasteiger partial charge in [0.25, 0.3) is 0 Å². The SMILES string of the molecule is Cc1cc(C(=O)COC(=O)c2cnc(Cl)c(Cl)c2)c(C)n1-c1nccs1. The molecule has 9 heteroatoms. The molecular formula is C17H13Cl2N3O3S. The van der Waals surface area contributed by atoms with Crippen LogP contribution in [0.25, 0.3) is 5.13 Å². The van der Waals surface area contributed by atoms with Crippen LogP contribution in [0.3, 0.4) is 0 Å². The molecule has 0 spiro atoms. The van der Waals surface area contributed by atoms with Crippen LogP contribution in [0.1, 0.15) is 32.1 Å². The molecule has 0 radical (unpaired) electrons. The highest BCUT2D eigenvalue weighted by atomic mass is 35.5. The van der Waals surface area contributed by atoms with Crippen LogP contribution in [0.2, 0.25) is 10.2 Å². The molecule has 0 fully saturated rings.